The molecule has 0 aliphatic carbocycles. The minimum Gasteiger partial charge on any atom is -0.451 e. The number of rotatable bonds is 5. The van der Waals surface area contributed by atoms with Gasteiger partial charge in [0.15, 0.2) is 15.9 Å². The van der Waals surface area contributed by atoms with Crippen LogP contribution in [0, 0.1) is 12.7 Å². The summed E-state index contributed by atoms with van der Waals surface area (Å²) in [5.41, 5.74) is 0.809. The summed E-state index contributed by atoms with van der Waals surface area (Å²) < 4.78 is 41.3. The number of hydrogen-bond acceptors (Lipinski definition) is 5. The van der Waals surface area contributed by atoms with Gasteiger partial charge in [0.05, 0.1) is 10.5 Å². The maximum absolute atomic E-state index is 12.9. The van der Waals surface area contributed by atoms with Crippen molar-refractivity contribution in [3.8, 4) is 0 Å². The number of ketones is 1. The Labute approximate surface area is 145 Å². The standard InChI is InChI=1S/C18H17FO5S/c1-11-4-9-15(25(3,22)23)10-16(11)18(21)24-12(2)17(20)13-5-7-14(19)8-6-13/h4-10,12H,1-3H3/t12-/m1/s1. The van der Waals surface area contributed by atoms with Crippen LogP contribution in [0.4, 0.5) is 4.39 Å². The maximum atomic E-state index is 12.9. The topological polar surface area (TPSA) is 77.5 Å². The first kappa shape index (κ1) is 18.8. The highest BCUT2D eigenvalue weighted by atomic mass is 32.2. The normalized spacial score (nSPS) is 12.5. The third kappa shape index (κ3) is 4.51. The van der Waals surface area contributed by atoms with Crippen molar-refractivity contribution in [2.24, 2.45) is 0 Å². The minimum atomic E-state index is -3.48. The Bertz CT molecular complexity index is 917. The lowest BCUT2D eigenvalue weighted by Gasteiger charge is -2.14. The summed E-state index contributed by atoms with van der Waals surface area (Å²) in [6.07, 6.45) is -0.0627. The molecular formula is C18H17FO5S. The highest BCUT2D eigenvalue weighted by Crippen LogP contribution is 2.18. The van der Waals surface area contributed by atoms with E-state index in [2.05, 4.69) is 0 Å². The lowest BCUT2D eigenvalue weighted by molar-refractivity contribution is 0.0318. The second-order valence-corrected chi connectivity index (χ2v) is 7.68. The average Bonchev–Trinajstić information content (AvgIpc) is 2.54. The van der Waals surface area contributed by atoms with Crippen LogP contribution in [0.15, 0.2) is 47.4 Å². The van der Waals surface area contributed by atoms with E-state index in [1.807, 2.05) is 0 Å². The number of sulfone groups is 1. The molecule has 0 aliphatic heterocycles. The Kier molecular flexibility index (Phi) is 5.37. The first-order valence-corrected chi connectivity index (χ1v) is 9.30. The van der Waals surface area contributed by atoms with Crippen molar-refractivity contribution in [1.29, 1.82) is 0 Å². The number of aryl methyl sites for hydroxylation is 1. The van der Waals surface area contributed by atoms with Gasteiger partial charge in [0.25, 0.3) is 0 Å². The Balaban J connectivity index is 2.21. The van der Waals surface area contributed by atoms with E-state index in [0.29, 0.717) is 5.56 Å². The number of halogens is 1. The minimum absolute atomic E-state index is 0.0115. The van der Waals surface area contributed by atoms with E-state index in [-0.39, 0.29) is 16.0 Å². The summed E-state index contributed by atoms with van der Waals surface area (Å²) in [7, 11) is -3.48. The van der Waals surface area contributed by atoms with Gasteiger partial charge in [-0.05, 0) is 55.8 Å². The van der Waals surface area contributed by atoms with Gasteiger partial charge in [0.1, 0.15) is 5.82 Å². The molecule has 1 atom stereocenters. The molecule has 0 bridgehead atoms. The maximum Gasteiger partial charge on any atom is 0.339 e. The van der Waals surface area contributed by atoms with Crippen molar-refractivity contribution in [2.45, 2.75) is 24.8 Å². The summed E-state index contributed by atoms with van der Waals surface area (Å²) in [5, 5.41) is 0. The molecule has 5 nitrogen and oxygen atoms in total. The molecule has 7 heteroatoms. The van der Waals surface area contributed by atoms with Crippen molar-refractivity contribution in [3.63, 3.8) is 0 Å². The number of ether oxygens (including phenoxy) is 1. The van der Waals surface area contributed by atoms with E-state index in [4.69, 9.17) is 4.74 Å². The fraction of sp³-hybridized carbons (Fsp3) is 0.222. The molecule has 132 valence electrons. The van der Waals surface area contributed by atoms with Gasteiger partial charge in [-0.3, -0.25) is 4.79 Å². The Hall–Kier alpha value is -2.54. The third-order valence-corrected chi connectivity index (χ3v) is 4.75. The molecule has 2 rings (SSSR count). The highest BCUT2D eigenvalue weighted by Gasteiger charge is 2.22. The molecule has 0 fully saturated rings. The lowest BCUT2D eigenvalue weighted by Crippen LogP contribution is -2.25. The predicted molar refractivity (Wildman–Crippen MR) is 89.9 cm³/mol. The number of esters is 1. The third-order valence-electron chi connectivity index (χ3n) is 3.64. The predicted octanol–water partition coefficient (Wildman–Crippen LogP) is 2.97. The van der Waals surface area contributed by atoms with Crippen molar-refractivity contribution < 1.29 is 27.1 Å². The number of hydrogen-bond donors (Lipinski definition) is 0. The molecule has 0 unspecified atom stereocenters. The molecule has 0 saturated carbocycles. The van der Waals surface area contributed by atoms with Crippen LogP contribution >= 0.6 is 0 Å². The summed E-state index contributed by atoms with van der Waals surface area (Å²) in [4.78, 5) is 24.5. The Morgan fingerprint density at radius 1 is 1.08 bits per heavy atom. The van der Waals surface area contributed by atoms with E-state index < -0.39 is 33.5 Å². The molecule has 25 heavy (non-hydrogen) atoms. The Morgan fingerprint density at radius 3 is 2.24 bits per heavy atom. The van der Waals surface area contributed by atoms with E-state index in [9.17, 15) is 22.4 Å². The van der Waals surface area contributed by atoms with Crippen LogP contribution in [0.5, 0.6) is 0 Å². The van der Waals surface area contributed by atoms with Crippen molar-refractivity contribution >= 4 is 21.6 Å². The average molecular weight is 364 g/mol. The molecule has 0 aromatic heterocycles. The van der Waals surface area contributed by atoms with Crippen molar-refractivity contribution in [2.75, 3.05) is 6.26 Å². The van der Waals surface area contributed by atoms with Crippen LogP contribution in [0.1, 0.15) is 33.2 Å². The van der Waals surface area contributed by atoms with Gasteiger partial charge < -0.3 is 4.74 Å². The summed E-state index contributed by atoms with van der Waals surface area (Å²) in [6.45, 7) is 3.04. The van der Waals surface area contributed by atoms with Crippen molar-refractivity contribution in [3.05, 3.63) is 65.0 Å². The largest absolute Gasteiger partial charge is 0.451 e. The molecule has 0 N–H and O–H groups in total. The number of carbonyl (C=O) groups excluding carboxylic acids is 2. The summed E-state index contributed by atoms with van der Waals surface area (Å²) in [5.74, 6) is -1.76. The zero-order valence-corrected chi connectivity index (χ0v) is 14.8. The molecule has 2 aromatic carbocycles. The lowest BCUT2D eigenvalue weighted by atomic mass is 10.1. The fourth-order valence-corrected chi connectivity index (χ4v) is 2.83. The number of carbonyl (C=O) groups is 2. The molecule has 2 aromatic rings. The second kappa shape index (κ2) is 7.14. The quantitative estimate of drug-likeness (QED) is 0.602. The molecule has 0 heterocycles. The molecular weight excluding hydrogens is 347 g/mol. The van der Waals surface area contributed by atoms with Gasteiger partial charge in [0.2, 0.25) is 5.78 Å². The van der Waals surface area contributed by atoms with Gasteiger partial charge in [-0.1, -0.05) is 6.07 Å². The summed E-state index contributed by atoms with van der Waals surface area (Å²) in [6, 6.07) is 9.01. The summed E-state index contributed by atoms with van der Waals surface area (Å²) >= 11 is 0. The van der Waals surface area contributed by atoms with Crippen LogP contribution in [0.3, 0.4) is 0 Å². The van der Waals surface area contributed by atoms with E-state index in [1.165, 1.54) is 37.3 Å². The van der Waals surface area contributed by atoms with E-state index in [1.54, 1.807) is 6.92 Å². The van der Waals surface area contributed by atoms with E-state index in [0.717, 1.165) is 18.4 Å². The monoisotopic (exact) mass is 364 g/mol. The van der Waals surface area contributed by atoms with Crippen LogP contribution in [0.25, 0.3) is 0 Å². The van der Waals surface area contributed by atoms with Gasteiger partial charge in [-0.25, -0.2) is 17.6 Å². The molecule has 0 radical (unpaired) electrons. The van der Waals surface area contributed by atoms with Gasteiger partial charge >= 0.3 is 5.97 Å². The highest BCUT2D eigenvalue weighted by molar-refractivity contribution is 7.90. The van der Waals surface area contributed by atoms with Gasteiger partial charge in [0, 0.05) is 11.8 Å². The SMILES string of the molecule is Cc1ccc(S(C)(=O)=O)cc1C(=O)O[C@H](C)C(=O)c1ccc(F)cc1. The van der Waals surface area contributed by atoms with Crippen LogP contribution in [-0.4, -0.2) is 32.5 Å². The zero-order chi connectivity index (χ0) is 18.8. The first-order valence-electron chi connectivity index (χ1n) is 7.41. The van der Waals surface area contributed by atoms with Gasteiger partial charge in [-0.2, -0.15) is 0 Å². The van der Waals surface area contributed by atoms with Crippen LogP contribution < -0.4 is 0 Å². The number of benzene rings is 2. The van der Waals surface area contributed by atoms with Gasteiger partial charge in [-0.15, -0.1) is 0 Å². The second-order valence-electron chi connectivity index (χ2n) is 5.67. The van der Waals surface area contributed by atoms with E-state index >= 15 is 0 Å². The number of Topliss-reactive ketones (excluding diaryl/α,β-unsaturated/α-hetero) is 1. The van der Waals surface area contributed by atoms with Crippen LogP contribution in [-0.2, 0) is 14.6 Å². The molecule has 0 saturated heterocycles. The molecule has 0 amide bonds. The molecule has 0 spiro atoms. The fourth-order valence-electron chi connectivity index (χ4n) is 2.18. The van der Waals surface area contributed by atoms with Crippen molar-refractivity contribution in [1.82, 2.24) is 0 Å². The first-order chi connectivity index (χ1) is 11.6. The smallest absolute Gasteiger partial charge is 0.339 e. The van der Waals surface area contributed by atoms with Crippen LogP contribution in [0.2, 0.25) is 0 Å². The molecule has 0 aliphatic rings. The Morgan fingerprint density at radius 2 is 1.68 bits per heavy atom. The zero-order valence-electron chi connectivity index (χ0n) is 13.9.